The van der Waals surface area contributed by atoms with E-state index in [0.717, 1.165) is 12.1 Å². The Hall–Kier alpha value is -2.41. The van der Waals surface area contributed by atoms with E-state index in [2.05, 4.69) is 5.10 Å². The maximum absolute atomic E-state index is 13.3. The molecule has 7 heteroatoms. The van der Waals surface area contributed by atoms with Gasteiger partial charge in [-0.15, -0.1) is 0 Å². The van der Waals surface area contributed by atoms with Gasteiger partial charge in [0, 0.05) is 5.39 Å². The molecule has 3 nitrogen and oxygen atoms in total. The van der Waals surface area contributed by atoms with Gasteiger partial charge in [-0.3, -0.25) is 0 Å². The Balaban J connectivity index is 2.14. The van der Waals surface area contributed by atoms with Crippen molar-refractivity contribution in [1.82, 2.24) is 9.78 Å². The number of aromatic nitrogens is 2. The van der Waals surface area contributed by atoms with Crippen molar-refractivity contribution in [3.05, 3.63) is 59.5 Å². The first-order valence-corrected chi connectivity index (χ1v) is 6.36. The summed E-state index contributed by atoms with van der Waals surface area (Å²) in [6.07, 6.45) is -4.41. The van der Waals surface area contributed by atoms with Crippen molar-refractivity contribution in [2.75, 3.05) is 0 Å². The molecule has 0 unspecified atom stereocenters. The minimum absolute atomic E-state index is 0.259. The largest absolute Gasteiger partial charge is 0.416 e. The van der Waals surface area contributed by atoms with Crippen molar-refractivity contribution >= 4 is 10.9 Å². The highest BCUT2D eigenvalue weighted by atomic mass is 19.4. The predicted octanol–water partition coefficient (Wildman–Crippen LogP) is 3.68. The Morgan fingerprint density at radius 2 is 1.73 bits per heavy atom. The number of benzene rings is 2. The molecule has 0 saturated carbocycles. The van der Waals surface area contributed by atoms with E-state index in [1.165, 1.54) is 35.0 Å². The zero-order valence-electron chi connectivity index (χ0n) is 11.1. The van der Waals surface area contributed by atoms with Gasteiger partial charge < -0.3 is 5.11 Å². The number of aliphatic hydroxyl groups is 1. The van der Waals surface area contributed by atoms with Crippen LogP contribution in [0.3, 0.4) is 0 Å². The first-order valence-electron chi connectivity index (χ1n) is 6.36. The van der Waals surface area contributed by atoms with E-state index in [1.807, 2.05) is 0 Å². The van der Waals surface area contributed by atoms with E-state index in [9.17, 15) is 22.7 Å². The quantitative estimate of drug-likeness (QED) is 0.733. The summed E-state index contributed by atoms with van der Waals surface area (Å²) in [5, 5.41) is 13.8. The summed E-state index contributed by atoms with van der Waals surface area (Å²) in [6, 6.07) is 8.38. The Morgan fingerprint density at radius 3 is 2.32 bits per heavy atom. The van der Waals surface area contributed by atoms with Crippen LogP contribution in [-0.2, 0) is 12.8 Å². The maximum atomic E-state index is 13.3. The summed E-state index contributed by atoms with van der Waals surface area (Å²) in [5.74, 6) is -0.478. The lowest BCUT2D eigenvalue weighted by Gasteiger charge is -2.08. The zero-order chi connectivity index (χ0) is 15.9. The molecule has 0 amide bonds. The molecule has 1 aromatic heterocycles. The minimum Gasteiger partial charge on any atom is -0.390 e. The number of nitrogens with zero attached hydrogens (tertiary/aromatic N) is 2. The number of hydrogen-bond donors (Lipinski definition) is 1. The summed E-state index contributed by atoms with van der Waals surface area (Å²) in [5.41, 5.74) is 0.394. The van der Waals surface area contributed by atoms with Gasteiger partial charge >= 0.3 is 6.18 Å². The standard InChI is InChI=1S/C15H10F4N2O/c16-10-3-6-14-12(7-10)13(8-22)20-21(14)11-4-1-9(2-5-11)15(17,18)19/h1-7,22H,8H2. The van der Waals surface area contributed by atoms with Gasteiger partial charge in [0.05, 0.1) is 29.1 Å². The van der Waals surface area contributed by atoms with E-state index in [-0.39, 0.29) is 5.69 Å². The number of alkyl halides is 3. The van der Waals surface area contributed by atoms with Gasteiger partial charge in [-0.2, -0.15) is 18.3 Å². The summed E-state index contributed by atoms with van der Waals surface area (Å²) < 4.78 is 52.4. The second-order valence-corrected chi connectivity index (χ2v) is 4.72. The van der Waals surface area contributed by atoms with Crippen molar-refractivity contribution in [1.29, 1.82) is 0 Å². The molecule has 0 spiro atoms. The summed E-state index contributed by atoms with van der Waals surface area (Å²) in [6.45, 7) is -0.395. The fourth-order valence-corrected chi connectivity index (χ4v) is 2.26. The molecule has 0 fully saturated rings. The van der Waals surface area contributed by atoms with Gasteiger partial charge in [0.25, 0.3) is 0 Å². The summed E-state index contributed by atoms with van der Waals surface area (Å²) >= 11 is 0. The maximum Gasteiger partial charge on any atom is 0.416 e. The molecule has 0 saturated heterocycles. The molecule has 3 rings (SSSR count). The highest BCUT2D eigenvalue weighted by Gasteiger charge is 2.30. The van der Waals surface area contributed by atoms with Crippen LogP contribution in [0.25, 0.3) is 16.6 Å². The number of halogens is 4. The number of aliphatic hydroxyl groups excluding tert-OH is 1. The second kappa shape index (κ2) is 5.10. The Bertz CT molecular complexity index is 822. The molecule has 0 bridgehead atoms. The van der Waals surface area contributed by atoms with Crippen molar-refractivity contribution in [2.45, 2.75) is 12.8 Å². The molecule has 1 N–H and O–H groups in total. The van der Waals surface area contributed by atoms with E-state index < -0.39 is 24.2 Å². The van der Waals surface area contributed by atoms with Crippen molar-refractivity contribution in [3.8, 4) is 5.69 Å². The lowest BCUT2D eigenvalue weighted by Crippen LogP contribution is -2.05. The SMILES string of the molecule is OCc1nn(-c2ccc(C(F)(F)F)cc2)c2ccc(F)cc12. The highest BCUT2D eigenvalue weighted by Crippen LogP contribution is 2.30. The van der Waals surface area contributed by atoms with Crippen molar-refractivity contribution in [2.24, 2.45) is 0 Å². The zero-order valence-corrected chi connectivity index (χ0v) is 11.1. The van der Waals surface area contributed by atoms with Crippen LogP contribution in [-0.4, -0.2) is 14.9 Å². The van der Waals surface area contributed by atoms with Crippen LogP contribution in [0.2, 0.25) is 0 Å². The molecule has 0 radical (unpaired) electrons. The topological polar surface area (TPSA) is 38.1 Å². The van der Waals surface area contributed by atoms with Crippen LogP contribution in [0.5, 0.6) is 0 Å². The molecule has 114 valence electrons. The Labute approximate surface area is 122 Å². The van der Waals surface area contributed by atoms with Crippen LogP contribution < -0.4 is 0 Å². The average molecular weight is 310 g/mol. The normalized spacial score (nSPS) is 12.0. The van der Waals surface area contributed by atoms with Gasteiger partial charge in [-0.05, 0) is 42.5 Å². The minimum atomic E-state index is -4.41. The van der Waals surface area contributed by atoms with Gasteiger partial charge in [0.2, 0.25) is 0 Å². The van der Waals surface area contributed by atoms with E-state index in [4.69, 9.17) is 0 Å². The van der Waals surface area contributed by atoms with Gasteiger partial charge in [-0.1, -0.05) is 0 Å². The summed E-state index contributed by atoms with van der Waals surface area (Å²) in [4.78, 5) is 0. The van der Waals surface area contributed by atoms with Crippen molar-refractivity contribution in [3.63, 3.8) is 0 Å². The number of fused-ring (bicyclic) bond motifs is 1. The first kappa shape index (κ1) is 14.5. The third kappa shape index (κ3) is 2.43. The number of hydrogen-bond acceptors (Lipinski definition) is 2. The third-order valence-electron chi connectivity index (χ3n) is 3.31. The lowest BCUT2D eigenvalue weighted by molar-refractivity contribution is -0.137. The molecular weight excluding hydrogens is 300 g/mol. The fraction of sp³-hybridized carbons (Fsp3) is 0.133. The Kier molecular flexibility index (Phi) is 3.37. The molecule has 1 heterocycles. The van der Waals surface area contributed by atoms with E-state index in [1.54, 1.807) is 0 Å². The van der Waals surface area contributed by atoms with E-state index >= 15 is 0 Å². The van der Waals surface area contributed by atoms with Crippen LogP contribution in [0, 0.1) is 5.82 Å². The highest BCUT2D eigenvalue weighted by molar-refractivity contribution is 5.83. The second-order valence-electron chi connectivity index (χ2n) is 4.72. The van der Waals surface area contributed by atoms with Gasteiger partial charge in [-0.25, -0.2) is 9.07 Å². The molecule has 22 heavy (non-hydrogen) atoms. The average Bonchev–Trinajstić information content (AvgIpc) is 2.84. The van der Waals surface area contributed by atoms with Crippen LogP contribution in [0.4, 0.5) is 17.6 Å². The molecule has 0 aliphatic carbocycles. The van der Waals surface area contributed by atoms with Gasteiger partial charge in [0.1, 0.15) is 5.82 Å². The molecular formula is C15H10F4N2O. The van der Waals surface area contributed by atoms with E-state index in [0.29, 0.717) is 16.6 Å². The van der Waals surface area contributed by atoms with Crippen LogP contribution in [0.15, 0.2) is 42.5 Å². The molecule has 3 aromatic rings. The predicted molar refractivity (Wildman–Crippen MR) is 72.0 cm³/mol. The molecule has 0 aliphatic rings. The monoisotopic (exact) mass is 310 g/mol. The van der Waals surface area contributed by atoms with Gasteiger partial charge in [0.15, 0.2) is 0 Å². The first-order chi connectivity index (χ1) is 10.4. The van der Waals surface area contributed by atoms with Crippen molar-refractivity contribution < 1.29 is 22.7 Å². The Morgan fingerprint density at radius 1 is 1.05 bits per heavy atom. The molecule has 0 aliphatic heterocycles. The summed E-state index contributed by atoms with van der Waals surface area (Å²) in [7, 11) is 0. The smallest absolute Gasteiger partial charge is 0.390 e. The fourth-order valence-electron chi connectivity index (χ4n) is 2.26. The number of rotatable bonds is 2. The third-order valence-corrected chi connectivity index (χ3v) is 3.31. The van der Waals surface area contributed by atoms with Crippen LogP contribution in [0.1, 0.15) is 11.3 Å². The molecule has 2 aromatic carbocycles. The molecule has 0 atom stereocenters. The lowest BCUT2D eigenvalue weighted by atomic mass is 10.2. The van der Waals surface area contributed by atoms with Crippen LogP contribution >= 0.6 is 0 Å².